The van der Waals surface area contributed by atoms with Gasteiger partial charge in [-0.15, -0.1) is 0 Å². The number of allylic oxidation sites excluding steroid dienone is 1. The monoisotopic (exact) mass is 430 g/mol. The van der Waals surface area contributed by atoms with Crippen molar-refractivity contribution in [3.8, 4) is 0 Å². The second-order valence-corrected chi connectivity index (χ2v) is 11.3. The number of hydrogen-bond donors (Lipinski definition) is 0. The summed E-state index contributed by atoms with van der Waals surface area (Å²) in [5.41, 5.74) is 1.47. The van der Waals surface area contributed by atoms with E-state index in [0.717, 1.165) is 51.4 Å². The molecule has 3 saturated carbocycles. The van der Waals surface area contributed by atoms with Gasteiger partial charge < -0.3 is 9.47 Å². The highest BCUT2D eigenvalue weighted by molar-refractivity contribution is 5.91. The van der Waals surface area contributed by atoms with E-state index in [1.807, 2.05) is 6.08 Å². The summed E-state index contributed by atoms with van der Waals surface area (Å²) in [4.78, 5) is 24.4. The Balaban J connectivity index is 1.44. The van der Waals surface area contributed by atoms with Crippen LogP contribution in [0.15, 0.2) is 11.6 Å². The van der Waals surface area contributed by atoms with Gasteiger partial charge in [0.05, 0.1) is 6.61 Å². The van der Waals surface area contributed by atoms with Crippen LogP contribution in [0.1, 0.15) is 91.9 Å². The molecule has 0 saturated heterocycles. The highest BCUT2D eigenvalue weighted by Crippen LogP contribution is 2.65. The van der Waals surface area contributed by atoms with Crippen molar-refractivity contribution in [3.05, 3.63) is 11.6 Å². The van der Waals surface area contributed by atoms with Crippen LogP contribution in [0.25, 0.3) is 0 Å². The molecule has 8 atom stereocenters. The fraction of sp³-hybridized carbons (Fsp3) is 0.852. The summed E-state index contributed by atoms with van der Waals surface area (Å²) in [5, 5.41) is 0. The Hall–Kier alpha value is -1.32. The van der Waals surface area contributed by atoms with Crippen molar-refractivity contribution in [2.75, 3.05) is 6.61 Å². The predicted molar refractivity (Wildman–Crippen MR) is 122 cm³/mol. The molecule has 3 fully saturated rings. The zero-order valence-electron chi connectivity index (χ0n) is 20.0. The quantitative estimate of drug-likeness (QED) is 0.346. The van der Waals surface area contributed by atoms with Gasteiger partial charge in [-0.05, 0) is 80.1 Å². The van der Waals surface area contributed by atoms with Crippen molar-refractivity contribution in [1.29, 1.82) is 0 Å². The average molecular weight is 431 g/mol. The van der Waals surface area contributed by atoms with Gasteiger partial charge in [-0.2, -0.15) is 0 Å². The largest absolute Gasteiger partial charge is 0.508 e. The zero-order valence-corrected chi connectivity index (χ0v) is 20.0. The normalized spacial score (nSPS) is 41.6. The number of fused-ring (bicyclic) bond motifs is 5. The van der Waals surface area contributed by atoms with E-state index < -0.39 is 6.16 Å². The van der Waals surface area contributed by atoms with Gasteiger partial charge in [0.2, 0.25) is 0 Å². The van der Waals surface area contributed by atoms with Gasteiger partial charge in [-0.3, -0.25) is 4.79 Å². The molecule has 0 heterocycles. The van der Waals surface area contributed by atoms with Crippen LogP contribution in [0, 0.1) is 40.9 Å². The lowest BCUT2D eigenvalue weighted by atomic mass is 9.47. The number of carbonyl (C=O) groups excluding carboxylic acids is 2. The third-order valence-electron chi connectivity index (χ3n) is 9.31. The van der Waals surface area contributed by atoms with Crippen LogP contribution < -0.4 is 0 Å². The minimum absolute atomic E-state index is 0.0267. The molecule has 0 aliphatic heterocycles. The van der Waals surface area contributed by atoms with Crippen LogP contribution in [-0.2, 0) is 14.3 Å². The van der Waals surface area contributed by atoms with Gasteiger partial charge >= 0.3 is 6.16 Å². The second-order valence-electron chi connectivity index (χ2n) is 11.3. The molecule has 4 aliphatic carbocycles. The van der Waals surface area contributed by atoms with Crippen molar-refractivity contribution < 1.29 is 19.1 Å². The van der Waals surface area contributed by atoms with E-state index in [9.17, 15) is 9.59 Å². The maximum Gasteiger partial charge on any atom is 0.508 e. The summed E-state index contributed by atoms with van der Waals surface area (Å²) in [5.74, 6) is 4.04. The topological polar surface area (TPSA) is 52.6 Å². The van der Waals surface area contributed by atoms with E-state index in [0.29, 0.717) is 47.9 Å². The maximum absolute atomic E-state index is 12.4. The molecule has 0 N–H and O–H groups in total. The van der Waals surface area contributed by atoms with Gasteiger partial charge in [-0.25, -0.2) is 4.79 Å². The van der Waals surface area contributed by atoms with Gasteiger partial charge in [0.15, 0.2) is 5.78 Å². The molecule has 0 aromatic heterocycles. The first-order valence-corrected chi connectivity index (χ1v) is 12.9. The van der Waals surface area contributed by atoms with E-state index in [-0.39, 0.29) is 11.5 Å². The molecule has 4 rings (SSSR count). The minimum atomic E-state index is -0.467. The molecule has 0 spiro atoms. The Kier molecular flexibility index (Phi) is 6.84. The lowest BCUT2D eigenvalue weighted by molar-refractivity contribution is -0.119. The van der Waals surface area contributed by atoms with Crippen LogP contribution in [0.4, 0.5) is 4.79 Å². The Morgan fingerprint density at radius 1 is 1.10 bits per heavy atom. The molecule has 0 radical (unpaired) electrons. The smallest absolute Gasteiger partial charge is 0.434 e. The summed E-state index contributed by atoms with van der Waals surface area (Å²) in [6, 6.07) is 0. The van der Waals surface area contributed by atoms with Crippen LogP contribution in [-0.4, -0.2) is 24.6 Å². The third-order valence-corrected chi connectivity index (χ3v) is 9.31. The standard InChI is InChI=1S/C27H42O4/c1-5-6-7-8-13-30-26(29)31-23-12-11-22-25-17(2)14-19-15-20(28)9-10-21(19)24(25)18(3)16-27(22,23)4/h15,17-18,21-25H,5-14,16H2,1-4H3/t17-,18+,21+,22+,23+,24-,25+,27+/m1/s1. The highest BCUT2D eigenvalue weighted by Gasteiger charge is 2.61. The SMILES string of the molecule is CCCCCCOC(=O)O[C@H]1CC[C@H]2[C@H]3[C@H]([C@@H](C)C[C@]12C)[C@H]1CCC(=O)C=C1C[C@H]3C. The van der Waals surface area contributed by atoms with E-state index in [4.69, 9.17) is 9.47 Å². The summed E-state index contributed by atoms with van der Waals surface area (Å²) >= 11 is 0. The molecule has 31 heavy (non-hydrogen) atoms. The Bertz CT molecular complexity index is 712. The predicted octanol–water partition coefficient (Wildman–Crippen LogP) is 6.72. The van der Waals surface area contributed by atoms with Gasteiger partial charge in [0.1, 0.15) is 6.10 Å². The van der Waals surface area contributed by atoms with Crippen molar-refractivity contribution in [1.82, 2.24) is 0 Å². The molecule has 4 aliphatic rings. The molecule has 0 aromatic carbocycles. The molecule has 0 aromatic rings. The Morgan fingerprint density at radius 2 is 1.90 bits per heavy atom. The van der Waals surface area contributed by atoms with Gasteiger partial charge in [0.25, 0.3) is 0 Å². The summed E-state index contributed by atoms with van der Waals surface area (Å²) in [6.07, 6.45) is 11.9. The van der Waals surface area contributed by atoms with Crippen molar-refractivity contribution >= 4 is 11.9 Å². The fourth-order valence-corrected chi connectivity index (χ4v) is 8.12. The van der Waals surface area contributed by atoms with E-state index >= 15 is 0 Å². The molecule has 0 bridgehead atoms. The van der Waals surface area contributed by atoms with Gasteiger partial charge in [-0.1, -0.05) is 52.5 Å². The lowest BCUT2D eigenvalue weighted by Gasteiger charge is -2.58. The van der Waals surface area contributed by atoms with Crippen molar-refractivity contribution in [2.45, 2.75) is 98.0 Å². The number of unbranched alkanes of at least 4 members (excludes halogenated alkanes) is 3. The summed E-state index contributed by atoms with van der Waals surface area (Å²) in [7, 11) is 0. The van der Waals surface area contributed by atoms with Crippen LogP contribution in [0.3, 0.4) is 0 Å². The molecule has 4 nitrogen and oxygen atoms in total. The maximum atomic E-state index is 12.4. The average Bonchev–Trinajstić information content (AvgIpc) is 3.02. The first-order chi connectivity index (χ1) is 14.8. The van der Waals surface area contributed by atoms with Crippen LogP contribution in [0.2, 0.25) is 0 Å². The van der Waals surface area contributed by atoms with Crippen molar-refractivity contribution in [3.63, 3.8) is 0 Å². The summed E-state index contributed by atoms with van der Waals surface area (Å²) < 4.78 is 11.4. The molecular weight excluding hydrogens is 388 g/mol. The number of rotatable bonds is 6. The molecular formula is C27H42O4. The number of ketones is 1. The highest BCUT2D eigenvalue weighted by atomic mass is 16.7. The minimum Gasteiger partial charge on any atom is -0.434 e. The lowest BCUT2D eigenvalue weighted by Crippen LogP contribution is -2.54. The van der Waals surface area contributed by atoms with E-state index in [1.165, 1.54) is 18.4 Å². The van der Waals surface area contributed by atoms with Gasteiger partial charge in [0, 0.05) is 11.8 Å². The van der Waals surface area contributed by atoms with E-state index in [1.54, 1.807) is 0 Å². The molecule has 174 valence electrons. The first kappa shape index (κ1) is 22.9. The number of hydrogen-bond acceptors (Lipinski definition) is 4. The third kappa shape index (κ3) is 4.33. The van der Waals surface area contributed by atoms with Crippen LogP contribution in [0.5, 0.6) is 0 Å². The number of ether oxygens (including phenoxy) is 2. The summed E-state index contributed by atoms with van der Waals surface area (Å²) in [6.45, 7) is 9.83. The zero-order chi connectivity index (χ0) is 22.2. The first-order valence-electron chi connectivity index (χ1n) is 12.9. The molecule has 0 unspecified atom stereocenters. The molecule has 4 heteroatoms. The van der Waals surface area contributed by atoms with Crippen molar-refractivity contribution in [2.24, 2.45) is 40.9 Å². The van der Waals surface area contributed by atoms with E-state index in [2.05, 4.69) is 27.7 Å². The Morgan fingerprint density at radius 3 is 2.68 bits per heavy atom. The number of carbonyl (C=O) groups is 2. The molecule has 0 amide bonds. The fourth-order valence-electron chi connectivity index (χ4n) is 8.12. The van der Waals surface area contributed by atoms with Crippen LogP contribution >= 0.6 is 0 Å². The second kappa shape index (κ2) is 9.27. The Labute approximate surface area is 188 Å².